The molecule has 19 heavy (non-hydrogen) atoms. The summed E-state index contributed by atoms with van der Waals surface area (Å²) in [6, 6.07) is 5.64. The van der Waals surface area contributed by atoms with Gasteiger partial charge in [0.25, 0.3) is 5.91 Å². The summed E-state index contributed by atoms with van der Waals surface area (Å²) in [5.74, 6) is 0.0460. The summed E-state index contributed by atoms with van der Waals surface area (Å²) in [6.45, 7) is 3.84. The van der Waals surface area contributed by atoms with E-state index in [-0.39, 0.29) is 11.9 Å². The number of fused-ring (bicyclic) bond motifs is 1. The highest BCUT2D eigenvalue weighted by Crippen LogP contribution is 2.25. The third-order valence-electron chi connectivity index (χ3n) is 3.28. The number of carbonyl (C=O) groups excluding carboxylic acids is 1. The molecular weight excluding hydrogens is 262 g/mol. The molecule has 6 heteroatoms. The van der Waals surface area contributed by atoms with Gasteiger partial charge in [0.2, 0.25) is 0 Å². The minimum atomic E-state index is 0.0460. The zero-order chi connectivity index (χ0) is 13.4. The predicted octanol–water partition coefficient (Wildman–Crippen LogP) is 1.74. The van der Waals surface area contributed by atoms with Crippen LogP contribution in [0.2, 0.25) is 0 Å². The molecule has 1 aromatic carbocycles. The maximum Gasteiger partial charge on any atom is 0.254 e. The largest absolute Gasteiger partial charge is 0.377 e. The molecule has 5 nitrogen and oxygen atoms in total. The SMILES string of the molecule is CC1COCCN1C(=O)c1ccc2nc(N)sc2c1. The van der Waals surface area contributed by atoms with Crippen molar-refractivity contribution in [2.75, 3.05) is 25.5 Å². The molecule has 3 rings (SSSR count). The van der Waals surface area contributed by atoms with Gasteiger partial charge in [-0.05, 0) is 25.1 Å². The van der Waals surface area contributed by atoms with Gasteiger partial charge in [-0.25, -0.2) is 4.98 Å². The van der Waals surface area contributed by atoms with Gasteiger partial charge in [-0.1, -0.05) is 11.3 Å². The lowest BCUT2D eigenvalue weighted by molar-refractivity contribution is 0.00360. The second-order valence-corrected chi connectivity index (χ2v) is 5.72. The van der Waals surface area contributed by atoms with E-state index in [0.717, 1.165) is 10.2 Å². The first kappa shape index (κ1) is 12.4. The van der Waals surface area contributed by atoms with Crippen LogP contribution in [0.5, 0.6) is 0 Å². The Labute approximate surface area is 115 Å². The van der Waals surface area contributed by atoms with E-state index in [0.29, 0.717) is 30.5 Å². The summed E-state index contributed by atoms with van der Waals surface area (Å²) >= 11 is 1.40. The van der Waals surface area contributed by atoms with Crippen LogP contribution in [0.3, 0.4) is 0 Å². The molecule has 1 amide bonds. The highest BCUT2D eigenvalue weighted by atomic mass is 32.1. The number of thiazole rings is 1. The van der Waals surface area contributed by atoms with Crippen LogP contribution in [-0.2, 0) is 4.74 Å². The van der Waals surface area contributed by atoms with Gasteiger partial charge in [-0.15, -0.1) is 0 Å². The van der Waals surface area contributed by atoms with Gasteiger partial charge < -0.3 is 15.4 Å². The van der Waals surface area contributed by atoms with Crippen molar-refractivity contribution in [3.05, 3.63) is 23.8 Å². The molecule has 1 atom stereocenters. The van der Waals surface area contributed by atoms with E-state index in [9.17, 15) is 4.79 Å². The van der Waals surface area contributed by atoms with E-state index >= 15 is 0 Å². The lowest BCUT2D eigenvalue weighted by Gasteiger charge is -2.33. The number of carbonyl (C=O) groups is 1. The van der Waals surface area contributed by atoms with E-state index in [2.05, 4.69) is 4.98 Å². The molecule has 2 heterocycles. The van der Waals surface area contributed by atoms with Crippen LogP contribution in [-0.4, -0.2) is 41.6 Å². The molecule has 0 saturated carbocycles. The van der Waals surface area contributed by atoms with E-state index in [4.69, 9.17) is 10.5 Å². The van der Waals surface area contributed by atoms with Crippen molar-refractivity contribution in [2.24, 2.45) is 0 Å². The first-order chi connectivity index (χ1) is 9.15. The van der Waals surface area contributed by atoms with Crippen LogP contribution in [0.1, 0.15) is 17.3 Å². The Morgan fingerprint density at radius 3 is 3.21 bits per heavy atom. The maximum atomic E-state index is 12.5. The summed E-state index contributed by atoms with van der Waals surface area (Å²) in [4.78, 5) is 18.5. The van der Waals surface area contributed by atoms with E-state index < -0.39 is 0 Å². The van der Waals surface area contributed by atoms with Crippen molar-refractivity contribution in [2.45, 2.75) is 13.0 Å². The minimum Gasteiger partial charge on any atom is -0.377 e. The van der Waals surface area contributed by atoms with Crippen LogP contribution in [0, 0.1) is 0 Å². The minimum absolute atomic E-state index is 0.0460. The fourth-order valence-electron chi connectivity index (χ4n) is 2.27. The van der Waals surface area contributed by atoms with Gasteiger partial charge in [-0.2, -0.15) is 0 Å². The third kappa shape index (κ3) is 2.29. The van der Waals surface area contributed by atoms with Gasteiger partial charge >= 0.3 is 0 Å². The van der Waals surface area contributed by atoms with E-state index in [1.807, 2.05) is 30.0 Å². The van der Waals surface area contributed by atoms with Crippen LogP contribution in [0.25, 0.3) is 10.2 Å². The molecule has 1 aliphatic rings. The molecular formula is C13H15N3O2S. The molecule has 1 fully saturated rings. The zero-order valence-electron chi connectivity index (χ0n) is 10.6. The Kier molecular flexibility index (Phi) is 3.12. The van der Waals surface area contributed by atoms with Crippen LogP contribution >= 0.6 is 11.3 Å². The summed E-state index contributed by atoms with van der Waals surface area (Å²) in [5, 5.41) is 0.527. The van der Waals surface area contributed by atoms with Crippen molar-refractivity contribution in [1.82, 2.24) is 9.88 Å². The number of rotatable bonds is 1. The molecule has 1 unspecified atom stereocenters. The predicted molar refractivity (Wildman–Crippen MR) is 75.3 cm³/mol. The number of hydrogen-bond donors (Lipinski definition) is 1. The molecule has 2 aromatic rings. The van der Waals surface area contributed by atoms with Crippen molar-refractivity contribution >= 4 is 32.6 Å². The number of anilines is 1. The van der Waals surface area contributed by atoms with Gasteiger partial charge in [0.1, 0.15) is 0 Å². The van der Waals surface area contributed by atoms with E-state index in [1.165, 1.54) is 11.3 Å². The Hall–Kier alpha value is -1.66. The number of morpholine rings is 1. The van der Waals surface area contributed by atoms with Crippen LogP contribution < -0.4 is 5.73 Å². The summed E-state index contributed by atoms with van der Waals surface area (Å²) in [6.07, 6.45) is 0. The van der Waals surface area contributed by atoms with Crippen molar-refractivity contribution < 1.29 is 9.53 Å². The topological polar surface area (TPSA) is 68.5 Å². The summed E-state index contributed by atoms with van der Waals surface area (Å²) in [7, 11) is 0. The lowest BCUT2D eigenvalue weighted by atomic mass is 10.1. The Morgan fingerprint density at radius 2 is 2.42 bits per heavy atom. The van der Waals surface area contributed by atoms with Gasteiger partial charge in [0, 0.05) is 12.1 Å². The molecule has 100 valence electrons. The van der Waals surface area contributed by atoms with Gasteiger partial charge in [0.05, 0.1) is 29.5 Å². The fourth-order valence-corrected chi connectivity index (χ4v) is 3.04. The number of hydrogen-bond acceptors (Lipinski definition) is 5. The molecule has 0 spiro atoms. The fraction of sp³-hybridized carbons (Fsp3) is 0.385. The summed E-state index contributed by atoms with van der Waals surface area (Å²) in [5.41, 5.74) is 7.20. The molecule has 1 aliphatic heterocycles. The molecule has 2 N–H and O–H groups in total. The number of benzene rings is 1. The lowest BCUT2D eigenvalue weighted by Crippen LogP contribution is -2.47. The smallest absolute Gasteiger partial charge is 0.254 e. The second-order valence-electron chi connectivity index (χ2n) is 4.66. The average molecular weight is 277 g/mol. The maximum absolute atomic E-state index is 12.5. The quantitative estimate of drug-likeness (QED) is 0.862. The normalized spacial score (nSPS) is 19.8. The monoisotopic (exact) mass is 277 g/mol. The van der Waals surface area contributed by atoms with Gasteiger partial charge in [-0.3, -0.25) is 4.79 Å². The Morgan fingerprint density at radius 1 is 1.58 bits per heavy atom. The number of aromatic nitrogens is 1. The molecule has 1 saturated heterocycles. The number of nitrogens with two attached hydrogens (primary N) is 1. The molecule has 0 aliphatic carbocycles. The van der Waals surface area contributed by atoms with Crippen molar-refractivity contribution in [3.63, 3.8) is 0 Å². The highest BCUT2D eigenvalue weighted by Gasteiger charge is 2.24. The van der Waals surface area contributed by atoms with Crippen molar-refractivity contribution in [3.8, 4) is 0 Å². The van der Waals surface area contributed by atoms with Gasteiger partial charge in [0.15, 0.2) is 5.13 Å². The summed E-state index contributed by atoms with van der Waals surface area (Å²) < 4.78 is 6.30. The standard InChI is InChI=1S/C13H15N3O2S/c1-8-7-18-5-4-16(8)12(17)9-2-3-10-11(6-9)19-13(14)15-10/h2-3,6,8H,4-5,7H2,1H3,(H2,14,15). The highest BCUT2D eigenvalue weighted by molar-refractivity contribution is 7.22. The molecule has 0 bridgehead atoms. The third-order valence-corrected chi connectivity index (χ3v) is 4.13. The Bertz CT molecular complexity index is 625. The van der Waals surface area contributed by atoms with Crippen LogP contribution in [0.15, 0.2) is 18.2 Å². The first-order valence-corrected chi connectivity index (χ1v) is 7.01. The Balaban J connectivity index is 1.92. The zero-order valence-corrected chi connectivity index (χ0v) is 11.4. The van der Waals surface area contributed by atoms with E-state index in [1.54, 1.807) is 0 Å². The van der Waals surface area contributed by atoms with Crippen LogP contribution in [0.4, 0.5) is 5.13 Å². The van der Waals surface area contributed by atoms with Crippen molar-refractivity contribution in [1.29, 1.82) is 0 Å². The second kappa shape index (κ2) is 4.79. The number of nitrogen functional groups attached to an aromatic ring is 1. The molecule has 0 radical (unpaired) electrons. The number of nitrogens with zero attached hydrogens (tertiary/aromatic N) is 2. The number of amides is 1. The average Bonchev–Trinajstić information content (AvgIpc) is 2.77. The molecule has 1 aromatic heterocycles. The number of ether oxygens (including phenoxy) is 1. The first-order valence-electron chi connectivity index (χ1n) is 6.20.